The quantitative estimate of drug-likeness (QED) is 0.462. The number of hydrogen-bond donors (Lipinski definition) is 0. The zero-order valence-corrected chi connectivity index (χ0v) is 6.36. The van der Waals surface area contributed by atoms with E-state index in [-0.39, 0.29) is 9.75 Å². The Bertz CT molecular complexity index is 279. The molecule has 0 spiro atoms. The second kappa shape index (κ2) is 2.82. The van der Waals surface area contributed by atoms with Gasteiger partial charge in [0.2, 0.25) is 0 Å². The predicted molar refractivity (Wildman–Crippen MR) is 35.4 cm³/mol. The molecule has 0 saturated heterocycles. The molecule has 0 amide bonds. The zero-order valence-electron chi connectivity index (χ0n) is 5.60. The lowest BCUT2D eigenvalue weighted by molar-refractivity contribution is -0.606. The van der Waals surface area contributed by atoms with Gasteiger partial charge in [-0.1, -0.05) is 11.6 Å². The van der Waals surface area contributed by atoms with E-state index in [9.17, 15) is 18.4 Å². The van der Waals surface area contributed by atoms with Crippen molar-refractivity contribution in [2.45, 2.75) is 6.18 Å². The molecule has 0 N–H and O–H groups in total. The zero-order chi connectivity index (χ0) is 9.35. The highest BCUT2D eigenvalue weighted by molar-refractivity contribution is 6.30. The minimum absolute atomic E-state index is 0.0190. The standard InChI is InChI=1S/C6H3ClF3NO/c7-5-1-4(6(8,9)10)2-11(12)3-5/h1-3H. The van der Waals surface area contributed by atoms with Crippen LogP contribution in [0.2, 0.25) is 5.02 Å². The molecule has 1 heterocycles. The van der Waals surface area contributed by atoms with Crippen molar-refractivity contribution >= 4 is 11.6 Å². The van der Waals surface area contributed by atoms with Gasteiger partial charge < -0.3 is 5.21 Å². The van der Waals surface area contributed by atoms with Crippen LogP contribution in [0.5, 0.6) is 0 Å². The molecule has 0 atom stereocenters. The molecule has 0 aliphatic carbocycles. The summed E-state index contributed by atoms with van der Waals surface area (Å²) in [5, 5.41) is 10.3. The molecule has 1 aromatic heterocycles. The summed E-state index contributed by atoms with van der Waals surface area (Å²) in [6.45, 7) is 0. The average Bonchev–Trinajstić information content (AvgIpc) is 1.82. The minimum Gasteiger partial charge on any atom is -0.619 e. The van der Waals surface area contributed by atoms with Crippen LogP contribution >= 0.6 is 11.6 Å². The fraction of sp³-hybridized carbons (Fsp3) is 0.167. The number of aromatic nitrogens is 1. The number of alkyl halides is 3. The summed E-state index contributed by atoms with van der Waals surface area (Å²) in [5.41, 5.74) is -1.05. The van der Waals surface area contributed by atoms with Gasteiger partial charge in [0, 0.05) is 0 Å². The second-order valence-electron chi connectivity index (χ2n) is 2.10. The Kier molecular flexibility index (Phi) is 2.14. The van der Waals surface area contributed by atoms with E-state index in [1.165, 1.54) is 0 Å². The van der Waals surface area contributed by atoms with Gasteiger partial charge in [-0.3, -0.25) is 0 Å². The molecule has 2 nitrogen and oxygen atoms in total. The van der Waals surface area contributed by atoms with Crippen molar-refractivity contribution in [1.82, 2.24) is 0 Å². The third-order valence-corrected chi connectivity index (χ3v) is 1.34. The van der Waals surface area contributed by atoms with Gasteiger partial charge in [-0.05, 0) is 6.07 Å². The Hall–Kier alpha value is -0.970. The minimum atomic E-state index is -4.53. The van der Waals surface area contributed by atoms with Crippen molar-refractivity contribution in [2.75, 3.05) is 0 Å². The lowest BCUT2D eigenvalue weighted by Gasteiger charge is -2.05. The summed E-state index contributed by atoms with van der Waals surface area (Å²) in [7, 11) is 0. The summed E-state index contributed by atoms with van der Waals surface area (Å²) >= 11 is 5.24. The third-order valence-electron chi connectivity index (χ3n) is 1.14. The Morgan fingerprint density at radius 2 is 1.92 bits per heavy atom. The van der Waals surface area contributed by atoms with Crippen LogP contribution in [0.1, 0.15) is 5.56 Å². The van der Waals surface area contributed by atoms with Crippen molar-refractivity contribution in [3.63, 3.8) is 0 Å². The lowest BCUT2D eigenvalue weighted by atomic mass is 10.3. The molecule has 1 aromatic rings. The number of halogens is 4. The fourth-order valence-electron chi connectivity index (χ4n) is 0.674. The van der Waals surface area contributed by atoms with Gasteiger partial charge in [-0.2, -0.15) is 17.9 Å². The van der Waals surface area contributed by atoms with Crippen LogP contribution in [0.3, 0.4) is 0 Å². The van der Waals surface area contributed by atoms with Gasteiger partial charge in [-0.15, -0.1) is 0 Å². The second-order valence-corrected chi connectivity index (χ2v) is 2.54. The molecular weight excluding hydrogens is 195 g/mol. The van der Waals surface area contributed by atoms with Gasteiger partial charge in [0.1, 0.15) is 10.6 Å². The molecule has 0 radical (unpaired) electrons. The highest BCUT2D eigenvalue weighted by Crippen LogP contribution is 2.29. The molecule has 0 aliphatic heterocycles. The predicted octanol–water partition coefficient (Wildman–Crippen LogP) is 1.99. The monoisotopic (exact) mass is 197 g/mol. The molecule has 0 bridgehead atoms. The van der Waals surface area contributed by atoms with E-state index in [2.05, 4.69) is 0 Å². The molecule has 0 unspecified atom stereocenters. The van der Waals surface area contributed by atoms with Crippen molar-refractivity contribution in [3.8, 4) is 0 Å². The largest absolute Gasteiger partial charge is 0.619 e. The smallest absolute Gasteiger partial charge is 0.422 e. The van der Waals surface area contributed by atoms with Gasteiger partial charge in [0.25, 0.3) is 0 Å². The van der Waals surface area contributed by atoms with E-state index >= 15 is 0 Å². The molecule has 1 rings (SSSR count). The molecule has 66 valence electrons. The number of nitrogens with zero attached hydrogens (tertiary/aromatic N) is 1. The number of hydrogen-bond acceptors (Lipinski definition) is 1. The van der Waals surface area contributed by atoms with Gasteiger partial charge in [0.15, 0.2) is 12.4 Å². The van der Waals surface area contributed by atoms with Crippen LogP contribution in [0.25, 0.3) is 0 Å². The summed E-state index contributed by atoms with van der Waals surface area (Å²) in [5.74, 6) is 0. The summed E-state index contributed by atoms with van der Waals surface area (Å²) in [4.78, 5) is 0. The molecule has 0 saturated carbocycles. The SMILES string of the molecule is [O-][n+]1cc(Cl)cc(C(F)(F)F)c1. The van der Waals surface area contributed by atoms with Crippen LogP contribution in [0.4, 0.5) is 13.2 Å². The van der Waals surface area contributed by atoms with Crippen LogP contribution in [-0.2, 0) is 6.18 Å². The first-order valence-electron chi connectivity index (χ1n) is 2.86. The van der Waals surface area contributed by atoms with E-state index in [0.717, 1.165) is 6.20 Å². The molecule has 0 aromatic carbocycles. The van der Waals surface area contributed by atoms with Crippen molar-refractivity contribution in [3.05, 3.63) is 34.3 Å². The first kappa shape index (κ1) is 9.12. The van der Waals surface area contributed by atoms with E-state index in [0.29, 0.717) is 12.3 Å². The highest BCUT2D eigenvalue weighted by atomic mass is 35.5. The Morgan fingerprint density at radius 3 is 2.33 bits per heavy atom. The third kappa shape index (κ3) is 2.01. The lowest BCUT2D eigenvalue weighted by Crippen LogP contribution is -2.27. The van der Waals surface area contributed by atoms with Crippen LogP contribution in [0.15, 0.2) is 18.5 Å². The van der Waals surface area contributed by atoms with Crippen LogP contribution in [-0.4, -0.2) is 0 Å². The molecule has 6 heteroatoms. The van der Waals surface area contributed by atoms with E-state index < -0.39 is 11.7 Å². The molecular formula is C6H3ClF3NO. The molecule has 0 aliphatic rings. The van der Waals surface area contributed by atoms with Crippen LogP contribution < -0.4 is 4.73 Å². The van der Waals surface area contributed by atoms with Crippen LogP contribution in [0, 0.1) is 5.21 Å². The topological polar surface area (TPSA) is 26.9 Å². The van der Waals surface area contributed by atoms with Gasteiger partial charge in [-0.25, -0.2) is 0 Å². The number of rotatable bonds is 0. The maximum atomic E-state index is 11.9. The Morgan fingerprint density at radius 1 is 1.33 bits per heavy atom. The summed E-state index contributed by atoms with van der Waals surface area (Å²) in [6, 6.07) is 0.690. The van der Waals surface area contributed by atoms with Gasteiger partial charge >= 0.3 is 6.18 Å². The average molecular weight is 198 g/mol. The van der Waals surface area contributed by atoms with Gasteiger partial charge in [0.05, 0.1) is 0 Å². The van der Waals surface area contributed by atoms with Crippen molar-refractivity contribution in [2.24, 2.45) is 0 Å². The first-order valence-corrected chi connectivity index (χ1v) is 3.24. The summed E-state index contributed by atoms with van der Waals surface area (Å²) in [6.07, 6.45) is -3.26. The number of pyridine rings is 1. The van der Waals surface area contributed by atoms with Crippen molar-refractivity contribution < 1.29 is 17.9 Å². The highest BCUT2D eigenvalue weighted by Gasteiger charge is 2.33. The fourth-order valence-corrected chi connectivity index (χ4v) is 0.888. The normalized spacial score (nSPS) is 11.7. The maximum Gasteiger partial charge on any atom is 0.422 e. The molecule has 0 fully saturated rings. The van der Waals surface area contributed by atoms with E-state index in [4.69, 9.17) is 11.6 Å². The summed E-state index contributed by atoms with van der Waals surface area (Å²) < 4.78 is 35.8. The maximum absolute atomic E-state index is 11.9. The van der Waals surface area contributed by atoms with E-state index in [1.54, 1.807) is 0 Å². The van der Waals surface area contributed by atoms with E-state index in [1.807, 2.05) is 0 Å². The molecule has 12 heavy (non-hydrogen) atoms. The first-order chi connectivity index (χ1) is 5.39. The Labute approximate surface area is 70.8 Å². The van der Waals surface area contributed by atoms with Crippen molar-refractivity contribution in [1.29, 1.82) is 0 Å². The Balaban J connectivity index is 3.18.